The molecule has 0 saturated carbocycles. The molecule has 15 heavy (non-hydrogen) atoms. The molecule has 0 fully saturated rings. The summed E-state index contributed by atoms with van der Waals surface area (Å²) >= 11 is 0. The summed E-state index contributed by atoms with van der Waals surface area (Å²) in [6.07, 6.45) is 2.94. The highest BCUT2D eigenvalue weighted by atomic mass is 33.1. The van der Waals surface area contributed by atoms with E-state index in [9.17, 15) is 13.2 Å². The van der Waals surface area contributed by atoms with Crippen LogP contribution in [0.25, 0.3) is 0 Å². The van der Waals surface area contributed by atoms with Crippen molar-refractivity contribution >= 4 is 31.8 Å². The minimum atomic E-state index is -3.25. The Morgan fingerprint density at radius 1 is 1.53 bits per heavy atom. The lowest BCUT2D eigenvalue weighted by molar-refractivity contribution is 0.112. The lowest BCUT2D eigenvalue weighted by Crippen LogP contribution is -2.02. The Kier molecular flexibility index (Phi) is 3.64. The fourth-order valence-electron chi connectivity index (χ4n) is 0.837. The molecule has 0 aliphatic heterocycles. The number of anilines is 1. The van der Waals surface area contributed by atoms with Crippen molar-refractivity contribution < 1.29 is 13.2 Å². The lowest BCUT2D eigenvalue weighted by Gasteiger charge is -2.03. The molecule has 0 aromatic carbocycles. The van der Waals surface area contributed by atoms with E-state index in [1.165, 1.54) is 6.20 Å². The molecule has 0 aliphatic rings. The van der Waals surface area contributed by atoms with Crippen molar-refractivity contribution in [1.29, 1.82) is 0 Å². The van der Waals surface area contributed by atoms with Gasteiger partial charge in [-0.1, -0.05) is 0 Å². The van der Waals surface area contributed by atoms with Crippen LogP contribution in [0.2, 0.25) is 0 Å². The molecular formula is C7H9N3O3S2. The first-order valence-electron chi connectivity index (χ1n) is 3.85. The molecular weight excluding hydrogens is 238 g/mol. The van der Waals surface area contributed by atoms with Crippen LogP contribution in [0, 0.1) is 0 Å². The number of nitrogens with one attached hydrogen (secondary N) is 1. The summed E-state index contributed by atoms with van der Waals surface area (Å²) < 4.78 is 21.9. The largest absolute Gasteiger partial charge is 0.372 e. The number of hydrogen-bond donors (Lipinski definition) is 1. The highest BCUT2D eigenvalue weighted by Crippen LogP contribution is 2.21. The van der Waals surface area contributed by atoms with Crippen molar-refractivity contribution in [2.24, 2.45) is 0 Å². The Balaban J connectivity index is 3.08. The van der Waals surface area contributed by atoms with Gasteiger partial charge in [-0.2, -0.15) is 0 Å². The van der Waals surface area contributed by atoms with Crippen LogP contribution in [-0.2, 0) is 8.87 Å². The van der Waals surface area contributed by atoms with Gasteiger partial charge in [-0.15, -0.1) is 0 Å². The van der Waals surface area contributed by atoms with Crippen LogP contribution in [-0.4, -0.2) is 38.0 Å². The molecule has 0 radical (unpaired) electrons. The predicted molar refractivity (Wildman–Crippen MR) is 57.7 cm³/mol. The molecule has 0 aliphatic carbocycles. The van der Waals surface area contributed by atoms with Crippen LogP contribution < -0.4 is 5.32 Å². The molecule has 6 nitrogen and oxygen atoms in total. The van der Waals surface area contributed by atoms with E-state index >= 15 is 0 Å². The Labute approximate surface area is 90.8 Å². The molecule has 1 aromatic rings. The van der Waals surface area contributed by atoms with E-state index in [0.717, 1.165) is 6.26 Å². The van der Waals surface area contributed by atoms with Gasteiger partial charge >= 0.3 is 0 Å². The van der Waals surface area contributed by atoms with Crippen LogP contribution in [0.3, 0.4) is 0 Å². The van der Waals surface area contributed by atoms with Crippen molar-refractivity contribution in [3.63, 3.8) is 0 Å². The first-order valence-corrected chi connectivity index (χ1v) is 7.08. The van der Waals surface area contributed by atoms with Crippen LogP contribution >= 0.6 is 10.8 Å². The van der Waals surface area contributed by atoms with E-state index in [1.54, 1.807) is 7.05 Å². The molecule has 1 aromatic heterocycles. The van der Waals surface area contributed by atoms with Crippen LogP contribution in [0.4, 0.5) is 5.82 Å². The second-order valence-corrected chi connectivity index (χ2v) is 6.87. The van der Waals surface area contributed by atoms with E-state index < -0.39 is 8.87 Å². The third kappa shape index (κ3) is 3.48. The summed E-state index contributed by atoms with van der Waals surface area (Å²) in [7, 11) is -1.12. The molecule has 0 unspecified atom stereocenters. The molecule has 0 bridgehead atoms. The minimum absolute atomic E-state index is 0.0902. The van der Waals surface area contributed by atoms with Crippen LogP contribution in [0.1, 0.15) is 10.4 Å². The number of rotatable bonds is 4. The zero-order chi connectivity index (χ0) is 11.5. The van der Waals surface area contributed by atoms with Gasteiger partial charge in [0.05, 0.1) is 5.56 Å². The van der Waals surface area contributed by atoms with E-state index in [-0.39, 0.29) is 10.7 Å². The molecule has 1 rings (SSSR count). The molecule has 1 N–H and O–H groups in total. The molecule has 0 atom stereocenters. The molecule has 0 amide bonds. The monoisotopic (exact) mass is 247 g/mol. The van der Waals surface area contributed by atoms with Gasteiger partial charge in [0.1, 0.15) is 5.82 Å². The van der Waals surface area contributed by atoms with E-state index in [2.05, 4.69) is 15.3 Å². The fraction of sp³-hybridized carbons (Fsp3) is 0.286. The molecule has 0 spiro atoms. The zero-order valence-electron chi connectivity index (χ0n) is 8.09. The molecule has 8 heteroatoms. The highest BCUT2D eigenvalue weighted by molar-refractivity contribution is 8.71. The zero-order valence-corrected chi connectivity index (χ0v) is 9.72. The number of carbonyl (C=O) groups is 1. The van der Waals surface area contributed by atoms with Crippen molar-refractivity contribution in [1.82, 2.24) is 9.97 Å². The van der Waals surface area contributed by atoms with Gasteiger partial charge in [-0.05, 0) is 0 Å². The van der Waals surface area contributed by atoms with E-state index in [4.69, 9.17) is 0 Å². The maximum absolute atomic E-state index is 10.9. The average molecular weight is 247 g/mol. The van der Waals surface area contributed by atoms with Gasteiger partial charge in [-0.25, -0.2) is 18.4 Å². The van der Waals surface area contributed by atoms with Crippen molar-refractivity contribution in [3.8, 4) is 0 Å². The smallest absolute Gasteiger partial charge is 0.206 e. The number of hydrogen-bond acceptors (Lipinski definition) is 7. The summed E-state index contributed by atoms with van der Waals surface area (Å²) in [5.41, 5.74) is 0.287. The molecule has 1 heterocycles. The third-order valence-corrected chi connectivity index (χ3v) is 3.39. The standard InChI is InChI=1S/C7H9N3O3S2/c1-8-6-5(4-11)3-9-7(10-6)14-15(2,12)13/h3-4H,1-2H3,(H,8,9,10). The second kappa shape index (κ2) is 4.58. The van der Waals surface area contributed by atoms with E-state index in [0.29, 0.717) is 22.9 Å². The normalized spacial score (nSPS) is 11.1. The summed E-state index contributed by atoms with van der Waals surface area (Å²) in [4.78, 5) is 18.2. The minimum Gasteiger partial charge on any atom is -0.372 e. The summed E-state index contributed by atoms with van der Waals surface area (Å²) in [5, 5.41) is 2.77. The third-order valence-electron chi connectivity index (χ3n) is 1.38. The first-order chi connectivity index (χ1) is 6.96. The quantitative estimate of drug-likeness (QED) is 0.467. The predicted octanol–water partition coefficient (Wildman–Crippen LogP) is 0.383. The Morgan fingerprint density at radius 3 is 2.67 bits per heavy atom. The fourth-order valence-corrected chi connectivity index (χ4v) is 2.39. The summed E-state index contributed by atoms with van der Waals surface area (Å²) in [6.45, 7) is 0. The van der Waals surface area contributed by atoms with Gasteiger partial charge in [0, 0.05) is 30.3 Å². The molecule has 0 saturated heterocycles. The summed E-state index contributed by atoms with van der Waals surface area (Å²) in [5.74, 6) is 0.311. The van der Waals surface area contributed by atoms with Gasteiger partial charge in [0.15, 0.2) is 6.29 Å². The maximum atomic E-state index is 10.9. The van der Waals surface area contributed by atoms with Crippen molar-refractivity contribution in [2.45, 2.75) is 5.16 Å². The van der Waals surface area contributed by atoms with Crippen LogP contribution in [0.15, 0.2) is 11.4 Å². The van der Waals surface area contributed by atoms with Gasteiger partial charge in [-0.3, -0.25) is 4.79 Å². The van der Waals surface area contributed by atoms with Crippen molar-refractivity contribution in [3.05, 3.63) is 11.8 Å². The van der Waals surface area contributed by atoms with Gasteiger partial charge in [0.2, 0.25) is 14.0 Å². The van der Waals surface area contributed by atoms with E-state index in [1.807, 2.05) is 0 Å². The van der Waals surface area contributed by atoms with Gasteiger partial charge < -0.3 is 5.32 Å². The maximum Gasteiger partial charge on any atom is 0.206 e. The molecule has 82 valence electrons. The number of aromatic nitrogens is 2. The Bertz CT molecular complexity index is 472. The van der Waals surface area contributed by atoms with Crippen molar-refractivity contribution in [2.75, 3.05) is 18.6 Å². The van der Waals surface area contributed by atoms with Crippen LogP contribution in [0.5, 0.6) is 0 Å². The first kappa shape index (κ1) is 11.9. The second-order valence-electron chi connectivity index (χ2n) is 2.61. The van der Waals surface area contributed by atoms with Gasteiger partial charge in [0.25, 0.3) is 0 Å². The average Bonchev–Trinajstić information content (AvgIpc) is 2.15. The Hall–Kier alpha value is -1.15. The number of carbonyl (C=O) groups excluding carboxylic acids is 1. The number of aldehydes is 1. The topological polar surface area (TPSA) is 89.0 Å². The highest BCUT2D eigenvalue weighted by Gasteiger charge is 2.11. The Morgan fingerprint density at radius 2 is 2.20 bits per heavy atom. The summed E-state index contributed by atoms with van der Waals surface area (Å²) in [6, 6.07) is 0. The lowest BCUT2D eigenvalue weighted by atomic mass is 10.3. The SMILES string of the molecule is CNc1nc(SS(C)(=O)=O)ncc1C=O. The number of nitrogens with zero attached hydrogens (tertiary/aromatic N) is 2.